The van der Waals surface area contributed by atoms with Crippen molar-refractivity contribution in [3.63, 3.8) is 0 Å². The number of rotatable bonds is 5. The minimum Gasteiger partial charge on any atom is -0.345 e. The van der Waals surface area contributed by atoms with Crippen LogP contribution in [0, 0.1) is 11.7 Å². The fourth-order valence-electron chi connectivity index (χ4n) is 3.34. The summed E-state index contributed by atoms with van der Waals surface area (Å²) in [7, 11) is 3.95. The van der Waals surface area contributed by atoms with Gasteiger partial charge in [-0.05, 0) is 43.7 Å². The minimum absolute atomic E-state index is 0.238. The molecule has 1 aromatic heterocycles. The number of aromatic amines is 1. The molecule has 1 aromatic carbocycles. The van der Waals surface area contributed by atoms with Gasteiger partial charge in [0.2, 0.25) is 5.91 Å². The second-order valence-corrected chi connectivity index (χ2v) is 6.65. The molecule has 0 saturated carbocycles. The third kappa shape index (κ3) is 3.82. The molecule has 5 nitrogen and oxygen atoms in total. The average molecular weight is 330 g/mol. The van der Waals surface area contributed by atoms with E-state index in [1.807, 2.05) is 18.1 Å². The number of hydrogen-bond donors (Lipinski definition) is 1. The maximum absolute atomic E-state index is 13.1. The molecule has 0 bridgehead atoms. The highest BCUT2D eigenvalue weighted by molar-refractivity contribution is 5.76. The van der Waals surface area contributed by atoms with Gasteiger partial charge in [0.1, 0.15) is 5.82 Å². The smallest absolute Gasteiger partial charge is 0.222 e. The Bertz CT molecular complexity index is 697. The molecule has 1 fully saturated rings. The van der Waals surface area contributed by atoms with Crippen molar-refractivity contribution in [2.24, 2.45) is 5.92 Å². The molecule has 0 aliphatic carbocycles. The first-order valence-corrected chi connectivity index (χ1v) is 8.23. The normalized spacial score (nSPS) is 18.4. The van der Waals surface area contributed by atoms with E-state index in [1.165, 1.54) is 12.1 Å². The Labute approximate surface area is 141 Å². The van der Waals surface area contributed by atoms with E-state index in [9.17, 15) is 9.18 Å². The number of nitrogens with one attached hydrogen (secondary N) is 1. The lowest BCUT2D eigenvalue weighted by molar-refractivity contribution is -0.133. The van der Waals surface area contributed by atoms with Crippen molar-refractivity contribution in [1.29, 1.82) is 0 Å². The highest BCUT2D eigenvalue weighted by atomic mass is 19.1. The molecule has 2 heterocycles. The number of carbonyl (C=O) groups excluding carboxylic acids is 1. The van der Waals surface area contributed by atoms with Crippen LogP contribution < -0.4 is 0 Å². The van der Waals surface area contributed by atoms with Gasteiger partial charge in [-0.25, -0.2) is 4.39 Å². The Morgan fingerprint density at radius 2 is 2.12 bits per heavy atom. The maximum Gasteiger partial charge on any atom is 0.222 e. The number of piperidine rings is 1. The summed E-state index contributed by atoms with van der Waals surface area (Å²) in [5.41, 5.74) is 2.95. The summed E-state index contributed by atoms with van der Waals surface area (Å²) in [4.78, 5) is 15.7. The van der Waals surface area contributed by atoms with Crippen LogP contribution in [0.15, 0.2) is 30.5 Å². The first kappa shape index (κ1) is 16.6. The van der Waals surface area contributed by atoms with Gasteiger partial charge in [-0.15, -0.1) is 0 Å². The highest BCUT2D eigenvalue weighted by Crippen LogP contribution is 2.23. The van der Waals surface area contributed by atoms with Gasteiger partial charge < -0.3 is 9.80 Å². The zero-order valence-electron chi connectivity index (χ0n) is 14.1. The van der Waals surface area contributed by atoms with Crippen molar-refractivity contribution in [3.8, 4) is 11.3 Å². The fraction of sp³-hybridized carbons (Fsp3) is 0.444. The summed E-state index contributed by atoms with van der Waals surface area (Å²) in [6.45, 7) is 2.52. The van der Waals surface area contributed by atoms with E-state index in [2.05, 4.69) is 22.1 Å². The van der Waals surface area contributed by atoms with Gasteiger partial charge in [-0.1, -0.05) is 0 Å². The topological polar surface area (TPSA) is 52.2 Å². The van der Waals surface area contributed by atoms with Crippen molar-refractivity contribution in [1.82, 2.24) is 20.0 Å². The fourth-order valence-corrected chi connectivity index (χ4v) is 3.34. The molecular weight excluding hydrogens is 307 g/mol. The Morgan fingerprint density at radius 1 is 1.38 bits per heavy atom. The maximum atomic E-state index is 13.1. The number of amides is 1. The molecule has 0 spiro atoms. The molecular formula is C18H23FN4O. The van der Waals surface area contributed by atoms with E-state index in [0.717, 1.165) is 42.9 Å². The standard InChI is InChI=1S/C18H23FN4O/c1-22(10-13-3-8-17(24)23(2)11-13)12-15-9-20-21-18(15)14-4-6-16(19)7-5-14/h4-7,9,13H,3,8,10-12H2,1-2H3,(H,20,21). The van der Waals surface area contributed by atoms with Gasteiger partial charge in [-0.3, -0.25) is 9.89 Å². The first-order chi connectivity index (χ1) is 11.5. The van der Waals surface area contributed by atoms with E-state index in [0.29, 0.717) is 12.3 Å². The number of carbonyl (C=O) groups is 1. The van der Waals surface area contributed by atoms with Crippen LogP contribution in [0.2, 0.25) is 0 Å². The molecule has 1 aliphatic rings. The van der Waals surface area contributed by atoms with E-state index in [1.54, 1.807) is 12.1 Å². The lowest BCUT2D eigenvalue weighted by Gasteiger charge is -2.32. The number of hydrogen-bond acceptors (Lipinski definition) is 3. The molecule has 128 valence electrons. The lowest BCUT2D eigenvalue weighted by atomic mass is 9.97. The number of nitrogens with zero attached hydrogens (tertiary/aromatic N) is 3. The zero-order valence-corrected chi connectivity index (χ0v) is 14.1. The van der Waals surface area contributed by atoms with Crippen LogP contribution in [-0.2, 0) is 11.3 Å². The SMILES string of the molecule is CN(Cc1cn[nH]c1-c1ccc(F)cc1)CC1CCC(=O)N(C)C1. The molecule has 3 rings (SSSR count). The van der Waals surface area contributed by atoms with E-state index < -0.39 is 0 Å². The van der Waals surface area contributed by atoms with Gasteiger partial charge in [0.15, 0.2) is 0 Å². The van der Waals surface area contributed by atoms with Gasteiger partial charge in [0.25, 0.3) is 0 Å². The molecule has 1 atom stereocenters. The Balaban J connectivity index is 1.63. The van der Waals surface area contributed by atoms with Crippen LogP contribution in [0.1, 0.15) is 18.4 Å². The second kappa shape index (κ2) is 7.13. The molecule has 1 N–H and O–H groups in total. The van der Waals surface area contributed by atoms with Crippen LogP contribution >= 0.6 is 0 Å². The summed E-state index contributed by atoms with van der Waals surface area (Å²) < 4.78 is 13.1. The predicted octanol–water partition coefficient (Wildman–Crippen LogP) is 2.52. The highest BCUT2D eigenvalue weighted by Gasteiger charge is 2.24. The monoisotopic (exact) mass is 330 g/mol. The predicted molar refractivity (Wildman–Crippen MR) is 90.7 cm³/mol. The Hall–Kier alpha value is -2.21. The summed E-state index contributed by atoms with van der Waals surface area (Å²) in [6.07, 6.45) is 3.41. The van der Waals surface area contributed by atoms with Crippen molar-refractivity contribution >= 4 is 5.91 Å². The lowest BCUT2D eigenvalue weighted by Crippen LogP contribution is -2.41. The Morgan fingerprint density at radius 3 is 2.83 bits per heavy atom. The first-order valence-electron chi connectivity index (χ1n) is 8.23. The van der Waals surface area contributed by atoms with Gasteiger partial charge in [0, 0.05) is 44.2 Å². The number of aromatic nitrogens is 2. The number of halogens is 1. The van der Waals surface area contributed by atoms with Gasteiger partial charge in [0.05, 0.1) is 11.9 Å². The molecule has 1 unspecified atom stereocenters. The van der Waals surface area contributed by atoms with Crippen LogP contribution in [0.5, 0.6) is 0 Å². The molecule has 2 aromatic rings. The molecule has 1 saturated heterocycles. The summed E-state index contributed by atoms with van der Waals surface area (Å²) >= 11 is 0. The third-order valence-electron chi connectivity index (χ3n) is 4.59. The average Bonchev–Trinajstić information content (AvgIpc) is 2.99. The van der Waals surface area contributed by atoms with Crippen molar-refractivity contribution in [2.45, 2.75) is 19.4 Å². The quantitative estimate of drug-likeness (QED) is 0.916. The second-order valence-electron chi connectivity index (χ2n) is 6.65. The number of benzene rings is 1. The summed E-state index contributed by atoms with van der Waals surface area (Å²) in [6, 6.07) is 6.43. The number of H-pyrrole nitrogens is 1. The van der Waals surface area contributed by atoms with Crippen LogP contribution in [0.3, 0.4) is 0 Å². The number of likely N-dealkylation sites (tertiary alicyclic amines) is 1. The Kier molecular flexibility index (Phi) is 4.94. The van der Waals surface area contributed by atoms with Gasteiger partial charge >= 0.3 is 0 Å². The minimum atomic E-state index is -0.243. The van der Waals surface area contributed by atoms with Crippen LogP contribution in [-0.4, -0.2) is 53.1 Å². The van der Waals surface area contributed by atoms with E-state index in [4.69, 9.17) is 0 Å². The van der Waals surface area contributed by atoms with Crippen LogP contribution in [0.25, 0.3) is 11.3 Å². The summed E-state index contributed by atoms with van der Waals surface area (Å²) in [5, 5.41) is 7.16. The zero-order chi connectivity index (χ0) is 17.1. The van der Waals surface area contributed by atoms with E-state index >= 15 is 0 Å². The molecule has 24 heavy (non-hydrogen) atoms. The molecule has 6 heteroatoms. The van der Waals surface area contributed by atoms with Gasteiger partial charge in [-0.2, -0.15) is 5.10 Å². The molecule has 1 amide bonds. The van der Waals surface area contributed by atoms with E-state index in [-0.39, 0.29) is 11.7 Å². The third-order valence-corrected chi connectivity index (χ3v) is 4.59. The van der Waals surface area contributed by atoms with Crippen molar-refractivity contribution in [3.05, 3.63) is 41.8 Å². The molecule has 0 radical (unpaired) electrons. The largest absolute Gasteiger partial charge is 0.345 e. The van der Waals surface area contributed by atoms with Crippen LogP contribution in [0.4, 0.5) is 4.39 Å². The molecule has 1 aliphatic heterocycles. The summed E-state index contributed by atoms with van der Waals surface area (Å²) in [5.74, 6) is 0.495. The van der Waals surface area contributed by atoms with Crippen molar-refractivity contribution < 1.29 is 9.18 Å². The van der Waals surface area contributed by atoms with Crippen molar-refractivity contribution in [2.75, 3.05) is 27.2 Å².